The summed E-state index contributed by atoms with van der Waals surface area (Å²) in [6, 6.07) is 18.1. The molecule has 1 aliphatic rings. The molecule has 2 aromatic rings. The predicted octanol–water partition coefficient (Wildman–Crippen LogP) is 1.79. The van der Waals surface area contributed by atoms with Gasteiger partial charge in [-0.3, -0.25) is 4.79 Å². The largest absolute Gasteiger partial charge is 0.360 e. The third-order valence-electron chi connectivity index (χ3n) is 4.13. The maximum Gasteiger partial charge on any atom is 0.279 e. The van der Waals surface area contributed by atoms with E-state index in [-0.39, 0.29) is 5.91 Å². The van der Waals surface area contributed by atoms with Gasteiger partial charge in [-0.2, -0.15) is 0 Å². The molecule has 3 rings (SSSR count). The van der Waals surface area contributed by atoms with Gasteiger partial charge in [0.2, 0.25) is 0 Å². The Morgan fingerprint density at radius 3 is 2.35 bits per heavy atom. The second kappa shape index (κ2) is 7.62. The SMILES string of the molecule is O=C(C[NH+]1CCN(c2ccccc2)CC1)Nc1ccc(Br)cc1. The summed E-state index contributed by atoms with van der Waals surface area (Å²) < 4.78 is 1.01. The second-order valence-electron chi connectivity index (χ2n) is 5.80. The number of halogens is 1. The van der Waals surface area contributed by atoms with Gasteiger partial charge in [-0.25, -0.2) is 0 Å². The third kappa shape index (κ3) is 4.56. The Hall–Kier alpha value is -1.85. The molecule has 23 heavy (non-hydrogen) atoms. The molecular weight excluding hydrogens is 354 g/mol. The maximum atomic E-state index is 12.2. The first-order chi connectivity index (χ1) is 11.2. The number of carbonyl (C=O) groups excluding carboxylic acids is 1. The molecule has 0 radical (unpaired) electrons. The van der Waals surface area contributed by atoms with Gasteiger partial charge in [0.15, 0.2) is 6.54 Å². The van der Waals surface area contributed by atoms with Gasteiger partial charge in [-0.05, 0) is 36.4 Å². The first kappa shape index (κ1) is 16.0. The highest BCUT2D eigenvalue weighted by atomic mass is 79.9. The predicted molar refractivity (Wildman–Crippen MR) is 97.0 cm³/mol. The lowest BCUT2D eigenvalue weighted by Gasteiger charge is -2.33. The Labute approximate surface area is 145 Å². The molecule has 4 nitrogen and oxygen atoms in total. The number of piperazine rings is 1. The lowest BCUT2D eigenvalue weighted by molar-refractivity contribution is -0.892. The molecule has 0 spiro atoms. The van der Waals surface area contributed by atoms with Crippen LogP contribution in [0.3, 0.4) is 0 Å². The summed E-state index contributed by atoms with van der Waals surface area (Å²) >= 11 is 3.39. The monoisotopic (exact) mass is 374 g/mol. The minimum Gasteiger partial charge on any atom is -0.360 e. The van der Waals surface area contributed by atoms with Crippen LogP contribution < -0.4 is 15.1 Å². The number of nitrogens with zero attached hydrogens (tertiary/aromatic N) is 1. The summed E-state index contributed by atoms with van der Waals surface area (Å²) in [7, 11) is 0. The van der Waals surface area contributed by atoms with Crippen LogP contribution in [0.2, 0.25) is 0 Å². The zero-order valence-electron chi connectivity index (χ0n) is 13.0. The average molecular weight is 375 g/mol. The molecule has 2 N–H and O–H groups in total. The van der Waals surface area contributed by atoms with Crippen molar-refractivity contribution in [2.75, 3.05) is 42.9 Å². The van der Waals surface area contributed by atoms with Crippen LogP contribution in [0.1, 0.15) is 0 Å². The Morgan fingerprint density at radius 1 is 1.04 bits per heavy atom. The molecular formula is C18H21BrN3O+. The number of carbonyl (C=O) groups is 1. The molecule has 1 amide bonds. The quantitative estimate of drug-likeness (QED) is 0.855. The van der Waals surface area contributed by atoms with Crippen molar-refractivity contribution in [1.82, 2.24) is 0 Å². The number of amides is 1. The van der Waals surface area contributed by atoms with E-state index >= 15 is 0 Å². The van der Waals surface area contributed by atoms with Crippen LogP contribution in [-0.4, -0.2) is 38.6 Å². The van der Waals surface area contributed by atoms with E-state index in [0.717, 1.165) is 36.3 Å². The smallest absolute Gasteiger partial charge is 0.279 e. The van der Waals surface area contributed by atoms with Crippen LogP contribution in [0.4, 0.5) is 11.4 Å². The average Bonchev–Trinajstić information content (AvgIpc) is 2.58. The Balaban J connectivity index is 1.47. The van der Waals surface area contributed by atoms with Gasteiger partial charge < -0.3 is 15.1 Å². The summed E-state index contributed by atoms with van der Waals surface area (Å²) in [6.45, 7) is 4.49. The fourth-order valence-electron chi connectivity index (χ4n) is 2.86. The minimum absolute atomic E-state index is 0.0792. The fraction of sp³-hybridized carbons (Fsp3) is 0.278. The molecule has 2 aromatic carbocycles. The number of rotatable bonds is 4. The summed E-state index contributed by atoms with van der Waals surface area (Å²) in [4.78, 5) is 15.9. The summed E-state index contributed by atoms with van der Waals surface area (Å²) in [6.07, 6.45) is 0. The molecule has 1 heterocycles. The number of hydrogen-bond donors (Lipinski definition) is 2. The molecule has 120 valence electrons. The summed E-state index contributed by atoms with van der Waals surface area (Å²) in [5.74, 6) is 0.0792. The van der Waals surface area contributed by atoms with Gasteiger partial charge in [-0.1, -0.05) is 34.1 Å². The van der Waals surface area contributed by atoms with Gasteiger partial charge in [0.05, 0.1) is 26.2 Å². The molecule has 0 aromatic heterocycles. The van der Waals surface area contributed by atoms with E-state index in [4.69, 9.17) is 0 Å². The van der Waals surface area contributed by atoms with Crippen LogP contribution >= 0.6 is 15.9 Å². The molecule has 0 saturated carbocycles. The Bertz CT molecular complexity index is 637. The van der Waals surface area contributed by atoms with Crippen LogP contribution in [0.25, 0.3) is 0 Å². The highest BCUT2D eigenvalue weighted by molar-refractivity contribution is 9.10. The molecule has 0 unspecified atom stereocenters. The number of hydrogen-bond acceptors (Lipinski definition) is 2. The lowest BCUT2D eigenvalue weighted by atomic mass is 10.2. The Kier molecular flexibility index (Phi) is 5.31. The van der Waals surface area contributed by atoms with Gasteiger partial charge in [0.1, 0.15) is 0 Å². The van der Waals surface area contributed by atoms with Crippen molar-refractivity contribution in [2.24, 2.45) is 0 Å². The van der Waals surface area contributed by atoms with Crippen LogP contribution in [0, 0.1) is 0 Å². The van der Waals surface area contributed by atoms with Gasteiger partial charge in [-0.15, -0.1) is 0 Å². The van der Waals surface area contributed by atoms with Crippen molar-refractivity contribution >= 4 is 33.2 Å². The highest BCUT2D eigenvalue weighted by Crippen LogP contribution is 2.14. The van der Waals surface area contributed by atoms with Crippen LogP contribution in [-0.2, 0) is 4.79 Å². The minimum atomic E-state index is 0.0792. The highest BCUT2D eigenvalue weighted by Gasteiger charge is 2.22. The molecule has 5 heteroatoms. The van der Waals surface area contributed by atoms with E-state index in [2.05, 4.69) is 50.4 Å². The van der Waals surface area contributed by atoms with Crippen molar-refractivity contribution in [3.05, 3.63) is 59.1 Å². The maximum absolute atomic E-state index is 12.2. The lowest BCUT2D eigenvalue weighted by Crippen LogP contribution is -3.15. The zero-order chi connectivity index (χ0) is 16.1. The van der Waals surface area contributed by atoms with E-state index in [1.807, 2.05) is 30.3 Å². The van der Waals surface area contributed by atoms with Crippen molar-refractivity contribution in [3.63, 3.8) is 0 Å². The third-order valence-corrected chi connectivity index (χ3v) is 4.66. The second-order valence-corrected chi connectivity index (χ2v) is 6.72. The topological polar surface area (TPSA) is 36.8 Å². The summed E-state index contributed by atoms with van der Waals surface area (Å²) in [5.41, 5.74) is 2.12. The first-order valence-corrected chi connectivity index (χ1v) is 8.69. The number of quaternary nitrogens is 1. The van der Waals surface area contributed by atoms with Crippen LogP contribution in [0.5, 0.6) is 0 Å². The van der Waals surface area contributed by atoms with E-state index < -0.39 is 0 Å². The molecule has 1 saturated heterocycles. The van der Waals surface area contributed by atoms with Gasteiger partial charge in [0.25, 0.3) is 5.91 Å². The van der Waals surface area contributed by atoms with E-state index in [9.17, 15) is 4.79 Å². The standard InChI is InChI=1S/C18H20BrN3O/c19-15-6-8-16(9-7-15)20-18(23)14-21-10-12-22(13-11-21)17-4-2-1-3-5-17/h1-9H,10-14H2,(H,20,23)/p+1. The van der Waals surface area contributed by atoms with E-state index in [1.165, 1.54) is 10.6 Å². The van der Waals surface area contributed by atoms with Crippen molar-refractivity contribution in [1.29, 1.82) is 0 Å². The molecule has 0 atom stereocenters. The fourth-order valence-corrected chi connectivity index (χ4v) is 3.13. The molecule has 0 bridgehead atoms. The summed E-state index contributed by atoms with van der Waals surface area (Å²) in [5, 5.41) is 2.97. The van der Waals surface area contributed by atoms with E-state index in [0.29, 0.717) is 6.54 Å². The molecule has 1 fully saturated rings. The molecule has 0 aliphatic carbocycles. The Morgan fingerprint density at radius 2 is 1.70 bits per heavy atom. The van der Waals surface area contributed by atoms with Gasteiger partial charge in [0, 0.05) is 15.8 Å². The number of benzene rings is 2. The number of anilines is 2. The van der Waals surface area contributed by atoms with Crippen molar-refractivity contribution in [2.45, 2.75) is 0 Å². The van der Waals surface area contributed by atoms with Crippen LogP contribution in [0.15, 0.2) is 59.1 Å². The number of para-hydroxylation sites is 1. The van der Waals surface area contributed by atoms with Crippen molar-refractivity contribution < 1.29 is 9.69 Å². The number of nitrogens with one attached hydrogen (secondary N) is 2. The van der Waals surface area contributed by atoms with Gasteiger partial charge >= 0.3 is 0 Å². The van der Waals surface area contributed by atoms with E-state index in [1.54, 1.807) is 0 Å². The first-order valence-electron chi connectivity index (χ1n) is 7.90. The van der Waals surface area contributed by atoms with Crippen molar-refractivity contribution in [3.8, 4) is 0 Å². The molecule has 1 aliphatic heterocycles. The normalized spacial score (nSPS) is 15.4. The zero-order valence-corrected chi connectivity index (χ0v) is 14.6.